The van der Waals surface area contributed by atoms with Gasteiger partial charge in [0.1, 0.15) is 0 Å². The van der Waals surface area contributed by atoms with E-state index in [4.69, 9.17) is 9.47 Å². The smallest absolute Gasteiger partial charge is 0.0700 e. The molecule has 0 fully saturated rings. The van der Waals surface area contributed by atoms with Gasteiger partial charge < -0.3 is 14.8 Å². The van der Waals surface area contributed by atoms with Crippen LogP contribution in [0.1, 0.15) is 31.5 Å². The summed E-state index contributed by atoms with van der Waals surface area (Å²) in [5.41, 5.74) is 1.21. The zero-order valence-corrected chi connectivity index (χ0v) is 11.7. The Hall–Kier alpha value is -0.910. The lowest BCUT2D eigenvalue weighted by Gasteiger charge is -2.18. The Labute approximate surface area is 109 Å². The highest BCUT2D eigenvalue weighted by molar-refractivity contribution is 5.06. The number of nitrogens with one attached hydrogen (secondary N) is 1. The lowest BCUT2D eigenvalue weighted by Crippen LogP contribution is -2.25. The molecule has 1 rings (SSSR count). The van der Waals surface area contributed by atoms with Crippen molar-refractivity contribution in [3.8, 4) is 0 Å². The van der Waals surface area contributed by atoms with E-state index in [9.17, 15) is 0 Å². The maximum atomic E-state index is 5.53. The van der Waals surface area contributed by atoms with E-state index in [1.165, 1.54) is 5.69 Å². The molecule has 1 N–H and O–H groups in total. The van der Waals surface area contributed by atoms with Gasteiger partial charge in [-0.1, -0.05) is 6.92 Å². The van der Waals surface area contributed by atoms with Gasteiger partial charge in [0, 0.05) is 27.0 Å². The Balaban J connectivity index is 2.39. The highest BCUT2D eigenvalue weighted by Crippen LogP contribution is 2.15. The van der Waals surface area contributed by atoms with Crippen LogP contribution in [-0.4, -0.2) is 43.3 Å². The van der Waals surface area contributed by atoms with Crippen molar-refractivity contribution in [3.63, 3.8) is 0 Å². The van der Waals surface area contributed by atoms with Gasteiger partial charge in [-0.25, -0.2) is 0 Å². The molecule has 1 unspecified atom stereocenters. The first-order valence-corrected chi connectivity index (χ1v) is 6.57. The van der Waals surface area contributed by atoms with Gasteiger partial charge in [0.25, 0.3) is 0 Å². The van der Waals surface area contributed by atoms with Crippen molar-refractivity contribution >= 4 is 0 Å². The summed E-state index contributed by atoms with van der Waals surface area (Å²) in [6.07, 6.45) is 3.91. The first-order chi connectivity index (χ1) is 8.79. The fourth-order valence-corrected chi connectivity index (χ4v) is 1.84. The number of ether oxygens (including phenoxy) is 2. The minimum atomic E-state index is 0.306. The molecule has 104 valence electrons. The molecule has 0 bridgehead atoms. The molecule has 1 atom stereocenters. The molecule has 1 aromatic rings. The Bertz CT molecular complexity index is 315. The molecule has 0 aromatic carbocycles. The molecule has 0 amide bonds. The van der Waals surface area contributed by atoms with Crippen LogP contribution in [0.15, 0.2) is 12.3 Å². The molecule has 0 radical (unpaired) electrons. The Kier molecular flexibility index (Phi) is 7.64. The predicted molar refractivity (Wildman–Crippen MR) is 71.6 cm³/mol. The number of methoxy groups -OCH3 is 1. The summed E-state index contributed by atoms with van der Waals surface area (Å²) in [7, 11) is 3.66. The van der Waals surface area contributed by atoms with Crippen LogP contribution in [0.2, 0.25) is 0 Å². The van der Waals surface area contributed by atoms with Gasteiger partial charge in [-0.3, -0.25) is 4.68 Å². The van der Waals surface area contributed by atoms with Crippen molar-refractivity contribution < 1.29 is 9.47 Å². The van der Waals surface area contributed by atoms with Crippen molar-refractivity contribution in [1.82, 2.24) is 15.1 Å². The van der Waals surface area contributed by atoms with E-state index in [1.54, 1.807) is 7.11 Å². The molecule has 18 heavy (non-hydrogen) atoms. The average Bonchev–Trinajstić information content (AvgIpc) is 2.79. The predicted octanol–water partition coefficient (Wildman–Crippen LogP) is 1.51. The fourth-order valence-electron chi connectivity index (χ4n) is 1.84. The van der Waals surface area contributed by atoms with Crippen LogP contribution < -0.4 is 5.32 Å². The molecule has 0 aliphatic carbocycles. The van der Waals surface area contributed by atoms with E-state index >= 15 is 0 Å². The first-order valence-electron chi connectivity index (χ1n) is 6.57. The summed E-state index contributed by atoms with van der Waals surface area (Å²) in [4.78, 5) is 0. The molecule has 5 heteroatoms. The zero-order valence-electron chi connectivity index (χ0n) is 11.7. The van der Waals surface area contributed by atoms with Crippen molar-refractivity contribution in [3.05, 3.63) is 18.0 Å². The van der Waals surface area contributed by atoms with Crippen LogP contribution in [0.3, 0.4) is 0 Å². The summed E-state index contributed by atoms with van der Waals surface area (Å²) in [5, 5.41) is 7.75. The van der Waals surface area contributed by atoms with E-state index in [2.05, 4.69) is 23.4 Å². The van der Waals surface area contributed by atoms with Gasteiger partial charge in [0.05, 0.1) is 24.9 Å². The van der Waals surface area contributed by atoms with E-state index < -0.39 is 0 Å². The summed E-state index contributed by atoms with van der Waals surface area (Å²) < 4.78 is 12.4. The molecule has 1 aromatic heterocycles. The molecule has 5 nitrogen and oxygen atoms in total. The molecule has 0 spiro atoms. The lowest BCUT2D eigenvalue weighted by atomic mass is 10.1. The fraction of sp³-hybridized carbons (Fsp3) is 0.769. The van der Waals surface area contributed by atoms with E-state index in [0.29, 0.717) is 19.3 Å². The van der Waals surface area contributed by atoms with Crippen LogP contribution in [-0.2, 0) is 16.5 Å². The summed E-state index contributed by atoms with van der Waals surface area (Å²) >= 11 is 0. The number of nitrogens with zero attached hydrogens (tertiary/aromatic N) is 2. The molecule has 0 saturated carbocycles. The van der Waals surface area contributed by atoms with Crippen molar-refractivity contribution in [2.75, 3.05) is 33.5 Å². The molecule has 0 aliphatic rings. The van der Waals surface area contributed by atoms with Gasteiger partial charge in [-0.2, -0.15) is 5.10 Å². The normalized spacial score (nSPS) is 12.8. The number of rotatable bonds is 10. The quantitative estimate of drug-likeness (QED) is 0.644. The minimum absolute atomic E-state index is 0.306. The van der Waals surface area contributed by atoms with Crippen LogP contribution in [0, 0.1) is 0 Å². The van der Waals surface area contributed by atoms with Gasteiger partial charge >= 0.3 is 0 Å². The number of hydrogen-bond donors (Lipinski definition) is 1. The highest BCUT2D eigenvalue weighted by atomic mass is 16.5. The van der Waals surface area contributed by atoms with Gasteiger partial charge in [0.2, 0.25) is 0 Å². The molecule has 0 aliphatic heterocycles. The molecule has 0 saturated heterocycles. The number of aromatic nitrogens is 2. The number of hydrogen-bond acceptors (Lipinski definition) is 4. The van der Waals surface area contributed by atoms with E-state index in [-0.39, 0.29) is 0 Å². The second kappa shape index (κ2) is 9.08. The summed E-state index contributed by atoms with van der Waals surface area (Å²) in [6.45, 7) is 5.22. The standard InChI is InChI=1S/C13H25N3O2/c1-4-7-14-12(6-9-18-11-10-17-3)13-5-8-15-16(13)2/h5,8,12,14H,4,6-7,9-11H2,1-3H3. The third-order valence-corrected chi connectivity index (χ3v) is 2.84. The lowest BCUT2D eigenvalue weighted by molar-refractivity contribution is 0.0654. The summed E-state index contributed by atoms with van der Waals surface area (Å²) in [5.74, 6) is 0. The SMILES string of the molecule is CCCNC(CCOCCOC)c1ccnn1C. The van der Waals surface area contributed by atoms with E-state index in [1.807, 2.05) is 17.9 Å². The topological polar surface area (TPSA) is 48.3 Å². The minimum Gasteiger partial charge on any atom is -0.382 e. The van der Waals surface area contributed by atoms with Crippen molar-refractivity contribution in [1.29, 1.82) is 0 Å². The third kappa shape index (κ3) is 5.16. The van der Waals surface area contributed by atoms with Crippen LogP contribution in [0.25, 0.3) is 0 Å². The second-order valence-electron chi connectivity index (χ2n) is 4.28. The van der Waals surface area contributed by atoms with Gasteiger partial charge in [-0.15, -0.1) is 0 Å². The largest absolute Gasteiger partial charge is 0.382 e. The zero-order chi connectivity index (χ0) is 13.2. The van der Waals surface area contributed by atoms with Gasteiger partial charge in [0.15, 0.2) is 0 Å². The van der Waals surface area contributed by atoms with Crippen molar-refractivity contribution in [2.24, 2.45) is 7.05 Å². The van der Waals surface area contributed by atoms with Crippen LogP contribution in [0.4, 0.5) is 0 Å². The van der Waals surface area contributed by atoms with Crippen LogP contribution >= 0.6 is 0 Å². The van der Waals surface area contributed by atoms with Crippen molar-refractivity contribution in [2.45, 2.75) is 25.8 Å². The number of aryl methyl sites for hydroxylation is 1. The molecular weight excluding hydrogens is 230 g/mol. The maximum Gasteiger partial charge on any atom is 0.0700 e. The Morgan fingerprint density at radius 2 is 2.22 bits per heavy atom. The summed E-state index contributed by atoms with van der Waals surface area (Å²) in [6, 6.07) is 2.36. The maximum absolute atomic E-state index is 5.53. The highest BCUT2D eigenvalue weighted by Gasteiger charge is 2.13. The van der Waals surface area contributed by atoms with Gasteiger partial charge in [-0.05, 0) is 25.5 Å². The monoisotopic (exact) mass is 255 g/mol. The first kappa shape index (κ1) is 15.1. The molecular formula is C13H25N3O2. The average molecular weight is 255 g/mol. The Morgan fingerprint density at radius 1 is 1.39 bits per heavy atom. The second-order valence-corrected chi connectivity index (χ2v) is 4.28. The third-order valence-electron chi connectivity index (χ3n) is 2.84. The Morgan fingerprint density at radius 3 is 2.83 bits per heavy atom. The van der Waals surface area contributed by atoms with E-state index in [0.717, 1.165) is 26.0 Å². The van der Waals surface area contributed by atoms with Crippen LogP contribution in [0.5, 0.6) is 0 Å². The molecule has 1 heterocycles.